The van der Waals surface area contributed by atoms with Gasteiger partial charge in [-0.3, -0.25) is 9.67 Å². The Labute approximate surface area is 181 Å². The van der Waals surface area contributed by atoms with Crippen molar-refractivity contribution in [2.45, 2.75) is 32.9 Å². The molecule has 162 valence electrons. The van der Waals surface area contributed by atoms with E-state index in [1.165, 1.54) is 5.39 Å². The molecular weight excluding hydrogens is 392 g/mol. The minimum atomic E-state index is -0.799. The maximum absolute atomic E-state index is 10.0. The SMILES string of the molecule is C=O.C=O.CCNc1ccc2cncc(-c3ccc4nn(CC(C)(C)O)cc4c3)c2c1. The third-order valence-corrected chi connectivity index (χ3v) is 4.55. The highest BCUT2D eigenvalue weighted by Gasteiger charge is 2.15. The van der Waals surface area contributed by atoms with Crippen LogP contribution in [0.4, 0.5) is 5.69 Å². The topological polar surface area (TPSA) is 97.1 Å². The number of aromatic nitrogens is 3. The van der Waals surface area contributed by atoms with Crippen LogP contribution in [0.25, 0.3) is 32.8 Å². The molecule has 0 aliphatic rings. The van der Waals surface area contributed by atoms with Crippen LogP contribution in [0.15, 0.2) is 55.0 Å². The number of nitrogens with zero attached hydrogens (tertiary/aromatic N) is 3. The molecule has 0 atom stereocenters. The lowest BCUT2D eigenvalue weighted by molar-refractivity contribution is -0.0987. The smallest absolute Gasteiger partial charge is 0.106 e. The Kier molecular flexibility index (Phi) is 7.99. The van der Waals surface area contributed by atoms with E-state index < -0.39 is 5.60 Å². The predicted octanol–water partition coefficient (Wildman–Crippen LogP) is 4.08. The van der Waals surface area contributed by atoms with Crippen molar-refractivity contribution in [3.63, 3.8) is 0 Å². The van der Waals surface area contributed by atoms with Gasteiger partial charge in [-0.2, -0.15) is 5.10 Å². The van der Waals surface area contributed by atoms with E-state index in [9.17, 15) is 5.11 Å². The standard InChI is InChI=1S/C22H24N4O.2CH2O/c1-4-24-18-7-5-16-11-23-12-20(19(16)10-18)15-6-8-21-17(9-15)13-26(25-21)14-22(2,3)27;2*1-2/h5-13,24,27H,4,14H2,1-3H3;2*1H2. The highest BCUT2D eigenvalue weighted by molar-refractivity contribution is 5.99. The first-order valence-corrected chi connectivity index (χ1v) is 9.82. The van der Waals surface area contributed by atoms with Crippen LogP contribution >= 0.6 is 0 Å². The number of hydrogen-bond donors (Lipinski definition) is 2. The molecule has 4 aromatic rings. The fourth-order valence-electron chi connectivity index (χ4n) is 3.43. The van der Waals surface area contributed by atoms with Gasteiger partial charge in [-0.1, -0.05) is 12.1 Å². The quantitative estimate of drug-likeness (QED) is 0.505. The summed E-state index contributed by atoms with van der Waals surface area (Å²) in [5.74, 6) is 0. The third kappa shape index (κ3) is 5.73. The summed E-state index contributed by atoms with van der Waals surface area (Å²) in [5.41, 5.74) is 3.44. The summed E-state index contributed by atoms with van der Waals surface area (Å²) in [6, 6.07) is 12.6. The second-order valence-corrected chi connectivity index (χ2v) is 7.57. The molecule has 2 aromatic heterocycles. The molecule has 0 saturated carbocycles. The first-order valence-electron chi connectivity index (χ1n) is 9.82. The van der Waals surface area contributed by atoms with Crippen LogP contribution in [0.5, 0.6) is 0 Å². The highest BCUT2D eigenvalue weighted by atomic mass is 16.3. The largest absolute Gasteiger partial charge is 0.389 e. The zero-order valence-corrected chi connectivity index (χ0v) is 18.1. The van der Waals surface area contributed by atoms with Crippen molar-refractivity contribution in [2.75, 3.05) is 11.9 Å². The summed E-state index contributed by atoms with van der Waals surface area (Å²) >= 11 is 0. The monoisotopic (exact) mass is 420 g/mol. The Balaban J connectivity index is 0.000000807. The molecule has 0 fully saturated rings. The van der Waals surface area contributed by atoms with Crippen LogP contribution in [0.2, 0.25) is 0 Å². The Bertz CT molecular complexity index is 1150. The Hall–Kier alpha value is -3.58. The number of benzene rings is 2. The van der Waals surface area contributed by atoms with Crippen molar-refractivity contribution >= 4 is 40.9 Å². The second kappa shape index (κ2) is 10.4. The van der Waals surface area contributed by atoms with E-state index in [4.69, 9.17) is 9.59 Å². The van der Waals surface area contributed by atoms with Crippen molar-refractivity contribution < 1.29 is 14.7 Å². The first kappa shape index (κ1) is 23.7. The lowest BCUT2D eigenvalue weighted by Crippen LogP contribution is -2.26. The number of carbonyl (C=O) groups excluding carboxylic acids is 2. The summed E-state index contributed by atoms with van der Waals surface area (Å²) in [7, 11) is 0. The van der Waals surface area contributed by atoms with Crippen molar-refractivity contribution in [1.82, 2.24) is 14.8 Å². The van der Waals surface area contributed by atoms with Gasteiger partial charge in [0.15, 0.2) is 0 Å². The number of pyridine rings is 1. The second-order valence-electron chi connectivity index (χ2n) is 7.57. The minimum Gasteiger partial charge on any atom is -0.389 e. The summed E-state index contributed by atoms with van der Waals surface area (Å²) in [4.78, 5) is 20.4. The molecule has 4 rings (SSSR count). The Morgan fingerprint density at radius 1 is 1.03 bits per heavy atom. The van der Waals surface area contributed by atoms with Gasteiger partial charge in [-0.05, 0) is 56.0 Å². The lowest BCUT2D eigenvalue weighted by Gasteiger charge is -2.16. The molecule has 0 aliphatic carbocycles. The Morgan fingerprint density at radius 2 is 1.77 bits per heavy atom. The van der Waals surface area contributed by atoms with Gasteiger partial charge < -0.3 is 20.0 Å². The van der Waals surface area contributed by atoms with Gasteiger partial charge in [0.25, 0.3) is 0 Å². The lowest BCUT2D eigenvalue weighted by atomic mass is 9.99. The number of fused-ring (bicyclic) bond motifs is 2. The van der Waals surface area contributed by atoms with Crippen LogP contribution in [0, 0.1) is 0 Å². The number of aliphatic hydroxyl groups is 1. The summed E-state index contributed by atoms with van der Waals surface area (Å²) in [6.45, 7) is 11.0. The average molecular weight is 421 g/mol. The fraction of sp³-hybridized carbons (Fsp3) is 0.250. The van der Waals surface area contributed by atoms with E-state index in [0.717, 1.165) is 39.6 Å². The van der Waals surface area contributed by atoms with Gasteiger partial charge in [-0.25, -0.2) is 0 Å². The molecule has 0 amide bonds. The number of hydrogen-bond acceptors (Lipinski definition) is 6. The molecule has 0 saturated heterocycles. The van der Waals surface area contributed by atoms with Crippen LogP contribution in [-0.2, 0) is 16.1 Å². The Morgan fingerprint density at radius 3 is 2.45 bits per heavy atom. The summed E-state index contributed by atoms with van der Waals surface area (Å²) < 4.78 is 1.80. The molecule has 2 N–H and O–H groups in total. The summed E-state index contributed by atoms with van der Waals surface area (Å²) in [5, 5.41) is 21.3. The van der Waals surface area contributed by atoms with Gasteiger partial charge in [0, 0.05) is 47.2 Å². The molecule has 0 spiro atoms. The van der Waals surface area contributed by atoms with E-state index in [2.05, 4.69) is 52.7 Å². The van der Waals surface area contributed by atoms with Gasteiger partial charge in [0.1, 0.15) is 13.6 Å². The van der Waals surface area contributed by atoms with Crippen LogP contribution in [-0.4, -0.2) is 45.6 Å². The van der Waals surface area contributed by atoms with Crippen molar-refractivity contribution in [1.29, 1.82) is 0 Å². The van der Waals surface area contributed by atoms with Gasteiger partial charge in [-0.15, -0.1) is 0 Å². The molecule has 0 unspecified atom stereocenters. The van der Waals surface area contributed by atoms with Crippen molar-refractivity contribution in [3.05, 3.63) is 55.0 Å². The fourth-order valence-corrected chi connectivity index (χ4v) is 3.43. The van der Waals surface area contributed by atoms with Crippen molar-refractivity contribution in [2.24, 2.45) is 0 Å². The van der Waals surface area contributed by atoms with Gasteiger partial charge >= 0.3 is 0 Å². The van der Waals surface area contributed by atoms with Crippen molar-refractivity contribution in [3.8, 4) is 11.1 Å². The van der Waals surface area contributed by atoms with E-state index in [1.807, 2.05) is 38.2 Å². The van der Waals surface area contributed by atoms with Gasteiger partial charge in [0.05, 0.1) is 17.7 Å². The minimum absolute atomic E-state index is 0.457. The molecule has 31 heavy (non-hydrogen) atoms. The molecule has 0 radical (unpaired) electrons. The molecular formula is C24H28N4O3. The normalized spacial score (nSPS) is 10.7. The van der Waals surface area contributed by atoms with Gasteiger partial charge in [0.2, 0.25) is 0 Å². The maximum atomic E-state index is 10.0. The molecule has 2 heterocycles. The third-order valence-electron chi connectivity index (χ3n) is 4.55. The molecule has 0 bridgehead atoms. The van der Waals surface area contributed by atoms with Crippen LogP contribution in [0.3, 0.4) is 0 Å². The van der Waals surface area contributed by atoms with Crippen LogP contribution < -0.4 is 5.32 Å². The number of anilines is 1. The first-order chi connectivity index (χ1) is 14.9. The summed E-state index contributed by atoms with van der Waals surface area (Å²) in [6.07, 6.45) is 5.80. The molecule has 7 heteroatoms. The maximum Gasteiger partial charge on any atom is 0.106 e. The zero-order valence-electron chi connectivity index (χ0n) is 18.1. The number of carbonyl (C=O) groups is 2. The number of nitrogens with one attached hydrogen (secondary N) is 1. The van der Waals surface area contributed by atoms with E-state index in [1.54, 1.807) is 18.5 Å². The van der Waals surface area contributed by atoms with E-state index in [0.29, 0.717) is 6.54 Å². The average Bonchev–Trinajstić information content (AvgIpc) is 3.16. The molecule has 0 aliphatic heterocycles. The van der Waals surface area contributed by atoms with E-state index >= 15 is 0 Å². The number of rotatable bonds is 5. The zero-order chi connectivity index (χ0) is 23.0. The van der Waals surface area contributed by atoms with Crippen LogP contribution in [0.1, 0.15) is 20.8 Å². The van der Waals surface area contributed by atoms with E-state index in [-0.39, 0.29) is 0 Å². The molecule has 2 aromatic carbocycles. The highest BCUT2D eigenvalue weighted by Crippen LogP contribution is 2.31. The molecule has 7 nitrogen and oxygen atoms in total. The predicted molar refractivity (Wildman–Crippen MR) is 125 cm³/mol.